The highest BCUT2D eigenvalue weighted by Crippen LogP contribution is 2.28. The van der Waals surface area contributed by atoms with Crippen LogP contribution in [0.15, 0.2) is 41.7 Å². The van der Waals surface area contributed by atoms with Gasteiger partial charge in [-0.15, -0.1) is 0 Å². The van der Waals surface area contributed by atoms with Crippen LogP contribution in [0, 0.1) is 0 Å². The number of nitrogens with one attached hydrogen (secondary N) is 1. The van der Waals surface area contributed by atoms with E-state index in [-0.39, 0.29) is 16.5 Å². The smallest absolute Gasteiger partial charge is 0.350 e. The number of aryl methyl sites for hydroxylation is 1. The average Bonchev–Trinajstić information content (AvgIpc) is 3.06. The van der Waals surface area contributed by atoms with Crippen molar-refractivity contribution in [2.75, 3.05) is 5.32 Å². The van der Waals surface area contributed by atoms with Gasteiger partial charge in [-0.2, -0.15) is 28.1 Å². The maximum absolute atomic E-state index is 12.6. The Hall–Kier alpha value is -2.88. The van der Waals surface area contributed by atoms with Gasteiger partial charge in [0.25, 0.3) is 5.56 Å². The van der Waals surface area contributed by atoms with Gasteiger partial charge in [-0.3, -0.25) is 9.48 Å². The Kier molecular flexibility index (Phi) is 4.68. The SMILES string of the molecule is CCn1cc(Nc2cnn(-c3ccc(C(F)(F)F)cn3)c(=O)c2Cl)cn1. The van der Waals surface area contributed by atoms with E-state index in [0.29, 0.717) is 18.4 Å². The van der Waals surface area contributed by atoms with E-state index in [1.807, 2.05) is 6.92 Å². The molecular weight excluding hydrogens is 373 g/mol. The molecule has 0 aliphatic heterocycles. The molecule has 3 rings (SSSR count). The van der Waals surface area contributed by atoms with Crippen molar-refractivity contribution in [3.63, 3.8) is 0 Å². The van der Waals surface area contributed by atoms with Crippen LogP contribution in [0.2, 0.25) is 5.02 Å². The first-order valence-corrected chi connectivity index (χ1v) is 7.78. The summed E-state index contributed by atoms with van der Waals surface area (Å²) in [5, 5.41) is 10.7. The van der Waals surface area contributed by atoms with Crippen LogP contribution in [0.5, 0.6) is 0 Å². The monoisotopic (exact) mass is 384 g/mol. The van der Waals surface area contributed by atoms with Crippen molar-refractivity contribution in [1.82, 2.24) is 24.5 Å². The summed E-state index contributed by atoms with van der Waals surface area (Å²) in [6.07, 6.45) is 0.676. The highest BCUT2D eigenvalue weighted by Gasteiger charge is 2.30. The third-order valence-corrected chi connectivity index (χ3v) is 3.81. The highest BCUT2D eigenvalue weighted by atomic mass is 35.5. The van der Waals surface area contributed by atoms with E-state index >= 15 is 0 Å². The second kappa shape index (κ2) is 6.79. The molecule has 0 aliphatic carbocycles. The van der Waals surface area contributed by atoms with Crippen LogP contribution < -0.4 is 10.9 Å². The largest absolute Gasteiger partial charge is 0.417 e. The fourth-order valence-corrected chi connectivity index (χ4v) is 2.29. The van der Waals surface area contributed by atoms with Crippen LogP contribution in [0.3, 0.4) is 0 Å². The van der Waals surface area contributed by atoms with E-state index in [1.165, 1.54) is 6.20 Å². The van der Waals surface area contributed by atoms with Gasteiger partial charge in [-0.05, 0) is 19.1 Å². The molecule has 3 heterocycles. The Morgan fingerprint density at radius 3 is 2.54 bits per heavy atom. The van der Waals surface area contributed by atoms with E-state index in [4.69, 9.17) is 11.6 Å². The zero-order valence-electron chi connectivity index (χ0n) is 13.3. The number of aromatic nitrogens is 5. The zero-order valence-corrected chi connectivity index (χ0v) is 14.1. The maximum atomic E-state index is 12.6. The van der Waals surface area contributed by atoms with E-state index in [1.54, 1.807) is 17.1 Å². The van der Waals surface area contributed by atoms with Crippen molar-refractivity contribution in [2.24, 2.45) is 0 Å². The molecule has 0 saturated heterocycles. The van der Waals surface area contributed by atoms with Crippen molar-refractivity contribution in [3.05, 3.63) is 57.9 Å². The number of nitrogens with zero attached hydrogens (tertiary/aromatic N) is 5. The Labute approximate surface area is 150 Å². The van der Waals surface area contributed by atoms with Crippen LogP contribution in [-0.2, 0) is 12.7 Å². The fourth-order valence-electron chi connectivity index (χ4n) is 2.12. The molecule has 0 unspecified atom stereocenters. The molecule has 3 aromatic heterocycles. The first kappa shape index (κ1) is 17.9. The molecule has 1 N–H and O–H groups in total. The minimum absolute atomic E-state index is 0.0738. The van der Waals surface area contributed by atoms with Gasteiger partial charge in [0.15, 0.2) is 5.82 Å². The van der Waals surface area contributed by atoms with Crippen molar-refractivity contribution in [3.8, 4) is 5.82 Å². The predicted octanol–water partition coefficient (Wildman–Crippen LogP) is 3.26. The predicted molar refractivity (Wildman–Crippen MR) is 88.8 cm³/mol. The van der Waals surface area contributed by atoms with Gasteiger partial charge in [-0.1, -0.05) is 11.6 Å². The Bertz CT molecular complexity index is 980. The van der Waals surface area contributed by atoms with E-state index in [9.17, 15) is 18.0 Å². The van der Waals surface area contributed by atoms with Crippen LogP contribution in [0.1, 0.15) is 12.5 Å². The summed E-state index contributed by atoms with van der Waals surface area (Å²) in [5.74, 6) is -0.0738. The number of hydrogen-bond acceptors (Lipinski definition) is 5. The van der Waals surface area contributed by atoms with Gasteiger partial charge >= 0.3 is 6.18 Å². The highest BCUT2D eigenvalue weighted by molar-refractivity contribution is 6.33. The molecule has 26 heavy (non-hydrogen) atoms. The number of hydrogen-bond donors (Lipinski definition) is 1. The molecule has 3 aromatic rings. The van der Waals surface area contributed by atoms with Crippen LogP contribution >= 0.6 is 11.6 Å². The van der Waals surface area contributed by atoms with Crippen LogP contribution in [0.25, 0.3) is 5.82 Å². The number of halogens is 4. The topological polar surface area (TPSA) is 77.6 Å². The molecule has 11 heteroatoms. The molecule has 0 fully saturated rings. The second-order valence-corrected chi connectivity index (χ2v) is 5.58. The number of rotatable bonds is 4. The molecule has 0 amide bonds. The molecular formula is C15H12ClF3N6O. The lowest BCUT2D eigenvalue weighted by Crippen LogP contribution is -2.23. The Morgan fingerprint density at radius 2 is 1.96 bits per heavy atom. The molecule has 0 aromatic carbocycles. The third-order valence-electron chi connectivity index (χ3n) is 3.45. The molecule has 136 valence electrons. The van der Waals surface area contributed by atoms with Crippen LogP contribution in [0.4, 0.5) is 24.5 Å². The molecule has 7 nitrogen and oxygen atoms in total. The standard InChI is InChI=1S/C15H12ClF3N6O/c1-2-24-8-10(6-21-24)23-11-7-22-25(14(26)13(11)16)12-4-3-9(5-20-12)15(17,18)19/h3-8,23H,2H2,1H3. The first-order valence-electron chi connectivity index (χ1n) is 7.40. The minimum Gasteiger partial charge on any atom is -0.350 e. The summed E-state index contributed by atoms with van der Waals surface area (Å²) >= 11 is 6.07. The lowest BCUT2D eigenvalue weighted by molar-refractivity contribution is -0.137. The fraction of sp³-hybridized carbons (Fsp3) is 0.200. The van der Waals surface area contributed by atoms with Gasteiger partial charge in [0.2, 0.25) is 0 Å². The van der Waals surface area contributed by atoms with Crippen molar-refractivity contribution in [1.29, 1.82) is 0 Å². The minimum atomic E-state index is -4.52. The van der Waals surface area contributed by atoms with Crippen LogP contribution in [-0.4, -0.2) is 24.5 Å². The number of pyridine rings is 1. The summed E-state index contributed by atoms with van der Waals surface area (Å²) in [6.45, 7) is 2.60. The van der Waals surface area contributed by atoms with Gasteiger partial charge < -0.3 is 5.32 Å². The van der Waals surface area contributed by atoms with E-state index in [2.05, 4.69) is 20.5 Å². The summed E-state index contributed by atoms with van der Waals surface area (Å²) in [6, 6.07) is 1.86. The van der Waals surface area contributed by atoms with Crippen molar-refractivity contribution >= 4 is 23.0 Å². The number of anilines is 2. The summed E-state index contributed by atoms with van der Waals surface area (Å²) in [5.41, 5.74) is -0.783. The summed E-state index contributed by atoms with van der Waals surface area (Å²) in [7, 11) is 0. The molecule has 0 radical (unpaired) electrons. The Balaban J connectivity index is 1.91. The zero-order chi connectivity index (χ0) is 18.9. The second-order valence-electron chi connectivity index (χ2n) is 5.20. The third kappa shape index (κ3) is 3.54. The molecule has 0 spiro atoms. The maximum Gasteiger partial charge on any atom is 0.417 e. The molecule has 0 atom stereocenters. The number of alkyl halides is 3. The van der Waals surface area contributed by atoms with Crippen molar-refractivity contribution < 1.29 is 13.2 Å². The molecule has 0 bridgehead atoms. The lowest BCUT2D eigenvalue weighted by Gasteiger charge is -2.10. The quantitative estimate of drug-likeness (QED) is 0.747. The summed E-state index contributed by atoms with van der Waals surface area (Å²) in [4.78, 5) is 16.0. The lowest BCUT2D eigenvalue weighted by atomic mass is 10.3. The van der Waals surface area contributed by atoms with Gasteiger partial charge in [0, 0.05) is 18.9 Å². The van der Waals surface area contributed by atoms with Gasteiger partial charge in [0.05, 0.1) is 29.3 Å². The Morgan fingerprint density at radius 1 is 1.19 bits per heavy atom. The summed E-state index contributed by atoms with van der Waals surface area (Å²) < 4.78 is 40.3. The molecule has 0 aliphatic rings. The van der Waals surface area contributed by atoms with Crippen molar-refractivity contribution in [2.45, 2.75) is 19.6 Å². The molecule has 0 saturated carbocycles. The van der Waals surface area contributed by atoms with E-state index in [0.717, 1.165) is 16.8 Å². The first-order chi connectivity index (χ1) is 12.3. The van der Waals surface area contributed by atoms with Gasteiger partial charge in [0.1, 0.15) is 5.02 Å². The average molecular weight is 385 g/mol. The van der Waals surface area contributed by atoms with Gasteiger partial charge in [-0.25, -0.2) is 4.98 Å². The normalized spacial score (nSPS) is 11.6. The van der Waals surface area contributed by atoms with E-state index < -0.39 is 17.3 Å².